The van der Waals surface area contributed by atoms with Gasteiger partial charge in [0.1, 0.15) is 17.7 Å². The molecule has 1 aromatic rings. The quantitative estimate of drug-likeness (QED) is 0.376. The summed E-state index contributed by atoms with van der Waals surface area (Å²) < 4.78 is 5.61. The van der Waals surface area contributed by atoms with E-state index in [1.807, 2.05) is 26.8 Å². The van der Waals surface area contributed by atoms with E-state index >= 15 is 0 Å². The number of amides is 3. The Bertz CT molecular complexity index is 1000. The third-order valence-corrected chi connectivity index (χ3v) is 9.89. The predicted octanol–water partition coefficient (Wildman–Crippen LogP) is 5.36. The van der Waals surface area contributed by atoms with Gasteiger partial charge in [-0.1, -0.05) is 49.6 Å². The summed E-state index contributed by atoms with van der Waals surface area (Å²) in [5, 5.41) is 6.34. The number of nitrogens with zero attached hydrogens (tertiary/aromatic N) is 2. The van der Waals surface area contributed by atoms with Crippen LogP contribution < -0.4 is 10.6 Å². The van der Waals surface area contributed by atoms with E-state index in [9.17, 15) is 14.4 Å². The molecule has 42 heavy (non-hydrogen) atoms. The zero-order chi connectivity index (χ0) is 30.0. The maximum atomic E-state index is 13.6. The predicted molar refractivity (Wildman–Crippen MR) is 169 cm³/mol. The lowest BCUT2D eigenvalue weighted by Gasteiger charge is -2.36. The lowest BCUT2D eigenvalue weighted by Crippen LogP contribution is -2.58. The number of hydrogen-bond donors (Lipinski definition) is 2. The molecule has 0 spiro atoms. The minimum Gasteiger partial charge on any atom is -0.444 e. The molecule has 8 nitrogen and oxygen atoms in total. The monoisotopic (exact) mass is 600 g/mol. The van der Waals surface area contributed by atoms with Crippen molar-refractivity contribution in [1.82, 2.24) is 20.4 Å². The number of rotatable bonds is 10. The second-order valence-corrected chi connectivity index (χ2v) is 14.4. The molecule has 2 atom stereocenters. The number of thioether (sulfide) groups is 1. The summed E-state index contributed by atoms with van der Waals surface area (Å²) in [6, 6.07) is 9.35. The Kier molecular flexibility index (Phi) is 12.4. The molecule has 2 heterocycles. The van der Waals surface area contributed by atoms with E-state index in [1.165, 1.54) is 37.7 Å². The fourth-order valence-corrected chi connectivity index (χ4v) is 7.55. The second kappa shape index (κ2) is 16.0. The Balaban J connectivity index is 1.34. The van der Waals surface area contributed by atoms with Gasteiger partial charge in [-0.15, -0.1) is 0 Å². The maximum absolute atomic E-state index is 13.6. The van der Waals surface area contributed by atoms with Crippen LogP contribution in [0.15, 0.2) is 30.3 Å². The molecule has 3 amide bonds. The highest BCUT2D eigenvalue weighted by atomic mass is 32.2. The van der Waals surface area contributed by atoms with Gasteiger partial charge in [0.05, 0.1) is 0 Å². The highest BCUT2D eigenvalue weighted by Crippen LogP contribution is 2.27. The van der Waals surface area contributed by atoms with Gasteiger partial charge in [0, 0.05) is 38.0 Å². The third kappa shape index (κ3) is 10.5. The fourth-order valence-electron chi connectivity index (χ4n) is 6.28. The van der Waals surface area contributed by atoms with Gasteiger partial charge in [0.25, 0.3) is 0 Å². The van der Waals surface area contributed by atoms with Gasteiger partial charge in [-0.05, 0) is 83.0 Å². The van der Waals surface area contributed by atoms with E-state index in [0.29, 0.717) is 24.6 Å². The number of carbonyl (C=O) groups is 3. The molecule has 3 aliphatic rings. The summed E-state index contributed by atoms with van der Waals surface area (Å²) in [6.45, 7) is 8.77. The summed E-state index contributed by atoms with van der Waals surface area (Å²) >= 11 is 1.77. The van der Waals surface area contributed by atoms with Crippen LogP contribution in [0.5, 0.6) is 0 Å². The van der Waals surface area contributed by atoms with Crippen molar-refractivity contribution >= 4 is 29.7 Å². The minimum absolute atomic E-state index is 0.0974. The van der Waals surface area contributed by atoms with E-state index in [1.54, 1.807) is 16.7 Å². The molecule has 4 rings (SSSR count). The van der Waals surface area contributed by atoms with Crippen LogP contribution in [-0.4, -0.2) is 82.6 Å². The van der Waals surface area contributed by atoms with E-state index in [4.69, 9.17) is 4.74 Å². The first kappa shape index (κ1) is 32.6. The molecule has 0 bridgehead atoms. The van der Waals surface area contributed by atoms with E-state index in [2.05, 4.69) is 39.8 Å². The summed E-state index contributed by atoms with van der Waals surface area (Å²) in [5.41, 5.74) is 0.672. The van der Waals surface area contributed by atoms with Crippen LogP contribution >= 0.6 is 11.8 Å². The average Bonchev–Trinajstić information content (AvgIpc) is 2.98. The Hall–Kier alpha value is -2.26. The lowest BCUT2D eigenvalue weighted by molar-refractivity contribution is -0.132. The van der Waals surface area contributed by atoms with Gasteiger partial charge in [0.15, 0.2) is 0 Å². The van der Waals surface area contributed by atoms with Crippen molar-refractivity contribution < 1.29 is 19.1 Å². The Morgan fingerprint density at radius 2 is 1.62 bits per heavy atom. The van der Waals surface area contributed by atoms with Gasteiger partial charge < -0.3 is 15.4 Å². The lowest BCUT2D eigenvalue weighted by atomic mass is 9.91. The molecule has 9 heteroatoms. The molecular weight excluding hydrogens is 548 g/mol. The zero-order valence-corrected chi connectivity index (χ0v) is 26.8. The van der Waals surface area contributed by atoms with Gasteiger partial charge in [-0.3, -0.25) is 19.4 Å². The van der Waals surface area contributed by atoms with Crippen LogP contribution in [0.2, 0.25) is 0 Å². The molecule has 1 unspecified atom stereocenters. The largest absolute Gasteiger partial charge is 0.444 e. The first-order valence-electron chi connectivity index (χ1n) is 16.1. The highest BCUT2D eigenvalue weighted by molar-refractivity contribution is 7.99. The number of benzene rings is 1. The maximum Gasteiger partial charge on any atom is 0.410 e. The summed E-state index contributed by atoms with van der Waals surface area (Å²) in [6.07, 6.45) is 10.0. The molecule has 3 fully saturated rings. The molecule has 1 aromatic carbocycles. The zero-order valence-electron chi connectivity index (χ0n) is 25.9. The number of carbonyl (C=O) groups excluding carboxylic acids is 3. The number of hydrogen-bond acceptors (Lipinski definition) is 6. The fraction of sp³-hybridized carbons (Fsp3) is 0.727. The van der Waals surface area contributed by atoms with Crippen LogP contribution in [0.1, 0.15) is 90.5 Å². The minimum atomic E-state index is -0.635. The number of piperidine rings is 2. The van der Waals surface area contributed by atoms with Crippen LogP contribution in [0.3, 0.4) is 0 Å². The molecule has 1 aliphatic carbocycles. The smallest absolute Gasteiger partial charge is 0.410 e. The van der Waals surface area contributed by atoms with Crippen molar-refractivity contribution in [2.45, 2.75) is 115 Å². The van der Waals surface area contributed by atoms with E-state index < -0.39 is 23.8 Å². The van der Waals surface area contributed by atoms with E-state index in [-0.39, 0.29) is 17.9 Å². The molecule has 1 saturated carbocycles. The van der Waals surface area contributed by atoms with Crippen molar-refractivity contribution in [2.24, 2.45) is 5.92 Å². The third-order valence-electron chi connectivity index (χ3n) is 8.61. The van der Waals surface area contributed by atoms with Crippen LogP contribution in [0, 0.1) is 5.92 Å². The molecular formula is C33H52N4O4S. The van der Waals surface area contributed by atoms with Gasteiger partial charge in [-0.2, -0.15) is 11.8 Å². The molecule has 2 saturated heterocycles. The standard InChI is InChI=1S/C33H52N4O4S/c1-33(2,3)41-32(40)37-19-11-10-16-29(37)31(39)35-28(24-42-23-26-14-8-5-9-15-26)30(38)34-27-17-20-36(21-18-27)22-25-12-6-4-7-13-25/h4,6-7,12-13,26-29H,5,8-11,14-24H2,1-3H3,(H,34,38)(H,35,39)/t28?,29-/m0/s1. The van der Waals surface area contributed by atoms with Crippen LogP contribution in [0.25, 0.3) is 0 Å². The van der Waals surface area contributed by atoms with Crippen LogP contribution in [-0.2, 0) is 20.9 Å². The Labute approximate surface area is 257 Å². The van der Waals surface area contributed by atoms with Gasteiger partial charge >= 0.3 is 6.09 Å². The number of nitrogens with one attached hydrogen (secondary N) is 2. The first-order chi connectivity index (χ1) is 20.2. The average molecular weight is 601 g/mol. The number of likely N-dealkylation sites (tertiary alicyclic amines) is 2. The highest BCUT2D eigenvalue weighted by Gasteiger charge is 2.37. The Morgan fingerprint density at radius 3 is 2.31 bits per heavy atom. The van der Waals surface area contributed by atoms with Gasteiger partial charge in [0.2, 0.25) is 11.8 Å². The summed E-state index contributed by atoms with van der Waals surface area (Å²) in [4.78, 5) is 44.2. The molecule has 234 valence electrons. The van der Waals surface area contributed by atoms with Crippen molar-refractivity contribution in [3.8, 4) is 0 Å². The van der Waals surface area contributed by atoms with Crippen molar-refractivity contribution in [3.05, 3.63) is 35.9 Å². The van der Waals surface area contributed by atoms with Gasteiger partial charge in [-0.25, -0.2) is 4.79 Å². The Morgan fingerprint density at radius 1 is 0.929 bits per heavy atom. The molecule has 2 N–H and O–H groups in total. The second-order valence-electron chi connectivity index (χ2n) is 13.3. The first-order valence-corrected chi connectivity index (χ1v) is 17.3. The SMILES string of the molecule is CC(C)(C)OC(=O)N1CCCC[C@H]1C(=O)NC(CSCC1CCCCC1)C(=O)NC1CCN(Cc2ccccc2)CC1. The summed E-state index contributed by atoms with van der Waals surface area (Å²) in [7, 11) is 0. The molecule has 2 aliphatic heterocycles. The van der Waals surface area contributed by atoms with Crippen molar-refractivity contribution in [2.75, 3.05) is 31.1 Å². The van der Waals surface area contributed by atoms with Crippen molar-refractivity contribution in [3.63, 3.8) is 0 Å². The normalized spacial score (nSPS) is 21.9. The topological polar surface area (TPSA) is 91.0 Å². The summed E-state index contributed by atoms with van der Waals surface area (Å²) in [5.74, 6) is 1.89. The van der Waals surface area contributed by atoms with Crippen molar-refractivity contribution in [1.29, 1.82) is 0 Å². The molecule has 0 radical (unpaired) electrons. The van der Waals surface area contributed by atoms with Crippen LogP contribution in [0.4, 0.5) is 4.79 Å². The van der Waals surface area contributed by atoms with E-state index in [0.717, 1.165) is 51.1 Å². The molecule has 0 aromatic heterocycles. The number of ether oxygens (including phenoxy) is 1.